The van der Waals surface area contributed by atoms with Crippen LogP contribution in [0.4, 0.5) is 8.78 Å². The summed E-state index contributed by atoms with van der Waals surface area (Å²) < 4.78 is 27.5. The lowest BCUT2D eigenvalue weighted by molar-refractivity contribution is 0.623. The van der Waals surface area contributed by atoms with Crippen molar-refractivity contribution in [1.29, 1.82) is 0 Å². The molecule has 0 saturated heterocycles. The predicted octanol–water partition coefficient (Wildman–Crippen LogP) is 8.16. The Hall–Kier alpha value is -3.45. The van der Waals surface area contributed by atoms with Gasteiger partial charge in [0.05, 0.1) is 11.4 Å². The molecule has 0 saturated carbocycles. The summed E-state index contributed by atoms with van der Waals surface area (Å²) in [6.45, 7) is 3.71. The van der Waals surface area contributed by atoms with Crippen molar-refractivity contribution < 1.29 is 8.78 Å². The van der Waals surface area contributed by atoms with E-state index in [2.05, 4.69) is 27.0 Å². The fraction of sp³-hybridized carbons (Fsp3) is 0.133. The van der Waals surface area contributed by atoms with Crippen LogP contribution in [0.15, 0.2) is 55.1 Å². The number of hydrogen-bond donors (Lipinski definition) is 0. The average Bonchev–Trinajstić information content (AvgIpc) is 3.57. The van der Waals surface area contributed by atoms with Crippen LogP contribution in [0.2, 0.25) is 10.3 Å². The van der Waals surface area contributed by atoms with E-state index in [-0.39, 0.29) is 11.6 Å². The molecule has 39 heavy (non-hydrogen) atoms. The molecule has 0 N–H and O–H groups in total. The summed E-state index contributed by atoms with van der Waals surface area (Å²) in [4.78, 5) is 0. The molecule has 0 bridgehead atoms. The van der Waals surface area contributed by atoms with E-state index in [1.54, 1.807) is 30.3 Å². The van der Waals surface area contributed by atoms with Crippen molar-refractivity contribution in [2.24, 2.45) is 0 Å². The summed E-state index contributed by atoms with van der Waals surface area (Å²) in [6.07, 6.45) is 7.26. The molecule has 0 amide bonds. The molecule has 9 heteroatoms. The van der Waals surface area contributed by atoms with Gasteiger partial charge in [-0.2, -0.15) is 5.10 Å². The number of aromatic nitrogens is 4. The van der Waals surface area contributed by atoms with E-state index in [1.807, 2.05) is 24.3 Å². The number of benzene rings is 2. The Morgan fingerprint density at radius 1 is 0.769 bits per heavy atom. The number of hydrogen-bond acceptors (Lipinski definition) is 4. The Balaban J connectivity index is 0.000000158. The monoisotopic (exact) mass is 580 g/mol. The van der Waals surface area contributed by atoms with Crippen LogP contribution in [0.5, 0.6) is 0 Å². The van der Waals surface area contributed by atoms with Crippen LogP contribution < -0.4 is 0 Å². The van der Waals surface area contributed by atoms with Crippen LogP contribution in [-0.2, 0) is 19.3 Å². The van der Waals surface area contributed by atoms with Gasteiger partial charge in [0.2, 0.25) is 0 Å². The minimum atomic E-state index is -0.208. The van der Waals surface area contributed by atoms with Gasteiger partial charge in [0.25, 0.3) is 0 Å². The van der Waals surface area contributed by atoms with E-state index in [9.17, 15) is 8.78 Å². The SMILES string of the molecule is C=Cc1nnc(Cl)cc1C1=Cc2c(F)cccc2C1.Fc1cccc2c1C=C(c1cc(Cl)nnc1CCCl)C2. The second-order valence-corrected chi connectivity index (χ2v) is 10.1. The van der Waals surface area contributed by atoms with E-state index in [4.69, 9.17) is 34.8 Å². The minimum absolute atomic E-state index is 0.204. The Bertz CT molecular complexity index is 1650. The zero-order chi connectivity index (χ0) is 27.5. The molecule has 2 aromatic carbocycles. The van der Waals surface area contributed by atoms with Gasteiger partial charge in [-0.15, -0.1) is 26.9 Å². The maximum absolute atomic E-state index is 13.8. The molecule has 0 fully saturated rings. The lowest BCUT2D eigenvalue weighted by Crippen LogP contribution is -2.01. The third-order valence-corrected chi connectivity index (χ3v) is 7.09. The Kier molecular flexibility index (Phi) is 8.17. The summed E-state index contributed by atoms with van der Waals surface area (Å²) in [5, 5.41) is 16.4. The maximum atomic E-state index is 13.8. The van der Waals surface area contributed by atoms with E-state index < -0.39 is 0 Å². The highest BCUT2D eigenvalue weighted by Crippen LogP contribution is 2.36. The maximum Gasteiger partial charge on any atom is 0.152 e. The molecule has 2 aliphatic carbocycles. The summed E-state index contributed by atoms with van der Waals surface area (Å²) in [6, 6.07) is 13.7. The number of rotatable bonds is 5. The van der Waals surface area contributed by atoms with Gasteiger partial charge >= 0.3 is 0 Å². The number of nitrogens with zero attached hydrogens (tertiary/aromatic N) is 4. The number of aryl methyl sites for hydroxylation is 1. The zero-order valence-electron chi connectivity index (χ0n) is 20.6. The lowest BCUT2D eigenvalue weighted by atomic mass is 10.0. The predicted molar refractivity (Wildman–Crippen MR) is 155 cm³/mol. The normalized spacial score (nSPS) is 13.2. The first-order valence-electron chi connectivity index (χ1n) is 12.1. The molecular weight excluding hydrogens is 561 g/mol. The van der Waals surface area contributed by atoms with Gasteiger partial charge in [0, 0.05) is 34.6 Å². The van der Waals surface area contributed by atoms with Crippen molar-refractivity contribution >= 4 is 64.2 Å². The molecule has 196 valence electrons. The van der Waals surface area contributed by atoms with Gasteiger partial charge in [0.1, 0.15) is 11.6 Å². The van der Waals surface area contributed by atoms with Gasteiger partial charge in [-0.1, -0.05) is 54.0 Å². The quantitative estimate of drug-likeness (QED) is 0.223. The van der Waals surface area contributed by atoms with Gasteiger partial charge in [-0.05, 0) is 77.6 Å². The highest BCUT2D eigenvalue weighted by atomic mass is 35.5. The standard InChI is InChI=1S/C15H11Cl2FN2.C15H10ClFN2/c16-5-4-14-12(8-15(17)20-19-14)10-6-9-2-1-3-13(18)11(9)7-10;1-2-14-12(8-15(16)19-18-14)10-6-9-4-3-5-13(17)11(9)7-10/h1-3,7-8H,4-6H2;2-5,7-8H,1,6H2. The van der Waals surface area contributed by atoms with Gasteiger partial charge < -0.3 is 0 Å². The van der Waals surface area contributed by atoms with Crippen LogP contribution in [0.25, 0.3) is 29.4 Å². The highest BCUT2D eigenvalue weighted by Gasteiger charge is 2.21. The summed E-state index contributed by atoms with van der Waals surface area (Å²) in [7, 11) is 0. The number of halogens is 5. The van der Waals surface area contributed by atoms with Crippen LogP contribution >= 0.6 is 34.8 Å². The molecule has 4 aromatic rings. The fourth-order valence-corrected chi connectivity index (χ4v) is 5.21. The van der Waals surface area contributed by atoms with Crippen LogP contribution in [-0.4, -0.2) is 26.3 Å². The van der Waals surface area contributed by atoms with Gasteiger partial charge in [-0.3, -0.25) is 0 Å². The first-order valence-corrected chi connectivity index (χ1v) is 13.4. The van der Waals surface area contributed by atoms with Crippen molar-refractivity contribution in [3.63, 3.8) is 0 Å². The molecular formula is C30H21Cl3F2N4. The molecule has 0 atom stereocenters. The molecule has 0 radical (unpaired) electrons. The van der Waals surface area contributed by atoms with Crippen LogP contribution in [0.1, 0.15) is 44.8 Å². The van der Waals surface area contributed by atoms with E-state index in [0.29, 0.717) is 52.3 Å². The summed E-state index contributed by atoms with van der Waals surface area (Å²) in [5.74, 6) is 0.0445. The molecule has 6 rings (SSSR count). The highest BCUT2D eigenvalue weighted by molar-refractivity contribution is 6.29. The smallest absolute Gasteiger partial charge is 0.152 e. The van der Waals surface area contributed by atoms with E-state index in [0.717, 1.165) is 39.1 Å². The minimum Gasteiger partial charge on any atom is -0.206 e. The molecule has 4 nitrogen and oxygen atoms in total. The Morgan fingerprint density at radius 3 is 1.85 bits per heavy atom. The van der Waals surface area contributed by atoms with Crippen molar-refractivity contribution in [1.82, 2.24) is 20.4 Å². The largest absolute Gasteiger partial charge is 0.206 e. The molecule has 0 aliphatic heterocycles. The molecule has 0 unspecified atom stereocenters. The van der Waals surface area contributed by atoms with E-state index >= 15 is 0 Å². The van der Waals surface area contributed by atoms with Crippen LogP contribution in [0.3, 0.4) is 0 Å². The summed E-state index contributed by atoms with van der Waals surface area (Å²) >= 11 is 17.6. The van der Waals surface area contributed by atoms with Crippen molar-refractivity contribution in [3.05, 3.63) is 122 Å². The molecule has 2 heterocycles. The molecule has 0 spiro atoms. The lowest BCUT2D eigenvalue weighted by Gasteiger charge is -2.08. The molecule has 2 aliphatic rings. The second-order valence-electron chi connectivity index (χ2n) is 8.95. The number of alkyl halides is 1. The zero-order valence-corrected chi connectivity index (χ0v) is 22.8. The Labute approximate surface area is 239 Å². The topological polar surface area (TPSA) is 51.6 Å². The summed E-state index contributed by atoms with van der Waals surface area (Å²) in [5.41, 5.74) is 8.42. The van der Waals surface area contributed by atoms with Crippen molar-refractivity contribution in [2.75, 3.05) is 5.88 Å². The van der Waals surface area contributed by atoms with Gasteiger partial charge in [0.15, 0.2) is 10.3 Å². The molecule has 2 aromatic heterocycles. The second kappa shape index (κ2) is 11.7. The van der Waals surface area contributed by atoms with Gasteiger partial charge in [-0.25, -0.2) is 8.78 Å². The fourth-order valence-electron chi connectivity index (χ4n) is 4.73. The third-order valence-electron chi connectivity index (χ3n) is 6.54. The first kappa shape index (κ1) is 27.1. The van der Waals surface area contributed by atoms with Crippen molar-refractivity contribution in [2.45, 2.75) is 19.3 Å². The van der Waals surface area contributed by atoms with E-state index in [1.165, 1.54) is 12.1 Å². The van der Waals surface area contributed by atoms with Crippen LogP contribution in [0, 0.1) is 11.6 Å². The van der Waals surface area contributed by atoms with Crippen molar-refractivity contribution in [3.8, 4) is 0 Å². The number of fused-ring (bicyclic) bond motifs is 2. The first-order chi connectivity index (χ1) is 18.9. The Morgan fingerprint density at radius 2 is 1.31 bits per heavy atom. The number of allylic oxidation sites excluding steroid dienone is 2. The third kappa shape index (κ3) is 5.78. The average molecular weight is 582 g/mol.